The first-order valence-corrected chi connectivity index (χ1v) is 5.65. The highest BCUT2D eigenvalue weighted by atomic mass is 32.1. The summed E-state index contributed by atoms with van der Waals surface area (Å²) >= 11 is 4.97. The molecule has 0 bridgehead atoms. The minimum absolute atomic E-state index is 0.0791. The topological polar surface area (TPSA) is 62.4 Å². The number of ether oxygens (including phenoxy) is 1. The molecule has 0 fully saturated rings. The minimum atomic E-state index is -0.272. The fourth-order valence-corrected chi connectivity index (χ4v) is 1.22. The van der Waals surface area contributed by atoms with Crippen molar-refractivity contribution in [2.45, 2.75) is 19.9 Å². The van der Waals surface area contributed by atoms with Crippen LogP contribution in [0.15, 0.2) is 24.3 Å². The lowest BCUT2D eigenvalue weighted by Gasteiger charge is -2.15. The summed E-state index contributed by atoms with van der Waals surface area (Å²) in [5.74, 6) is -0.272. The number of hydrazine groups is 1. The lowest BCUT2D eigenvalue weighted by atomic mass is 10.4. The van der Waals surface area contributed by atoms with Crippen molar-refractivity contribution in [3.05, 3.63) is 24.3 Å². The molecule has 0 radical (unpaired) electrons. The molecule has 0 heterocycles. The lowest BCUT2D eigenvalue weighted by molar-refractivity contribution is -0.117. The molecule has 5 nitrogen and oxygen atoms in total. The summed E-state index contributed by atoms with van der Waals surface area (Å²) in [4.78, 5) is 11.2. The van der Waals surface area contributed by atoms with Gasteiger partial charge in [0, 0.05) is 19.2 Å². The van der Waals surface area contributed by atoms with Gasteiger partial charge in [0.2, 0.25) is 0 Å². The summed E-state index contributed by atoms with van der Waals surface area (Å²) in [5, 5.41) is 3.30. The van der Waals surface area contributed by atoms with Gasteiger partial charge in [-0.2, -0.15) is 0 Å². The van der Waals surface area contributed by atoms with E-state index in [4.69, 9.17) is 17.0 Å². The van der Waals surface area contributed by atoms with Crippen molar-refractivity contribution in [3.8, 4) is 0 Å². The Morgan fingerprint density at radius 2 is 2.12 bits per heavy atom. The van der Waals surface area contributed by atoms with E-state index in [1.807, 2.05) is 19.9 Å². The van der Waals surface area contributed by atoms with Gasteiger partial charge in [0.05, 0.1) is 6.61 Å². The maximum atomic E-state index is 11.2. The molecule has 0 aliphatic carbocycles. The second kappa shape index (κ2) is 9.80. The number of carbonyl (C=O) groups excluding carboxylic acids is 1. The maximum absolute atomic E-state index is 11.2. The Kier molecular flexibility index (Phi) is 8.99. The molecule has 0 unspecified atom stereocenters. The van der Waals surface area contributed by atoms with Crippen LogP contribution in [0.2, 0.25) is 0 Å². The zero-order valence-corrected chi connectivity index (χ0v) is 11.1. The third kappa shape index (κ3) is 9.52. The Bertz CT molecular complexity index is 303. The average Bonchev–Trinajstić information content (AvgIpc) is 2.27. The number of hydrogen-bond acceptors (Lipinski definition) is 3. The Morgan fingerprint density at radius 3 is 2.71 bits per heavy atom. The number of hydrogen-bond donors (Lipinski definition) is 3. The van der Waals surface area contributed by atoms with Gasteiger partial charge in [-0.25, -0.2) is 0 Å². The van der Waals surface area contributed by atoms with E-state index in [2.05, 4.69) is 16.2 Å². The number of allylic oxidation sites excluding steroid dienone is 3. The molecule has 0 aliphatic rings. The van der Waals surface area contributed by atoms with Crippen molar-refractivity contribution < 1.29 is 9.53 Å². The van der Waals surface area contributed by atoms with Gasteiger partial charge in [-0.3, -0.25) is 15.6 Å². The highest BCUT2D eigenvalue weighted by Gasteiger charge is 2.03. The molecule has 96 valence electrons. The van der Waals surface area contributed by atoms with Gasteiger partial charge in [0.25, 0.3) is 5.91 Å². The van der Waals surface area contributed by atoms with Gasteiger partial charge in [-0.15, -0.1) is 0 Å². The average molecular weight is 257 g/mol. The quantitative estimate of drug-likeness (QED) is 0.292. The summed E-state index contributed by atoms with van der Waals surface area (Å²) in [6.45, 7) is 4.33. The maximum Gasteiger partial charge on any atom is 0.262 e. The van der Waals surface area contributed by atoms with Crippen molar-refractivity contribution in [2.24, 2.45) is 0 Å². The molecule has 0 aliphatic heterocycles. The number of methoxy groups -OCH3 is 1. The molecule has 0 saturated carbocycles. The van der Waals surface area contributed by atoms with E-state index in [0.29, 0.717) is 11.7 Å². The molecule has 1 amide bonds. The van der Waals surface area contributed by atoms with E-state index in [1.54, 1.807) is 19.3 Å². The fourth-order valence-electron chi connectivity index (χ4n) is 0.966. The predicted octanol–water partition coefficient (Wildman–Crippen LogP) is 0.649. The Balaban J connectivity index is 3.80. The van der Waals surface area contributed by atoms with Crippen LogP contribution in [0.4, 0.5) is 0 Å². The zero-order valence-electron chi connectivity index (χ0n) is 10.3. The summed E-state index contributed by atoms with van der Waals surface area (Å²) in [7, 11) is 1.61. The molecule has 0 aromatic heterocycles. The van der Waals surface area contributed by atoms with Crippen LogP contribution in [0.5, 0.6) is 0 Å². The smallest absolute Gasteiger partial charge is 0.262 e. The van der Waals surface area contributed by atoms with Crippen molar-refractivity contribution in [1.29, 1.82) is 0 Å². The first kappa shape index (κ1) is 15.6. The molecular weight excluding hydrogens is 238 g/mol. The highest BCUT2D eigenvalue weighted by molar-refractivity contribution is 7.80. The molecule has 3 N–H and O–H groups in total. The monoisotopic (exact) mass is 257 g/mol. The van der Waals surface area contributed by atoms with E-state index in [1.165, 1.54) is 6.08 Å². The Hall–Kier alpha value is -1.40. The number of carbonyl (C=O) groups is 1. The molecule has 1 atom stereocenters. The normalized spacial score (nSPS) is 12.6. The van der Waals surface area contributed by atoms with Crippen molar-refractivity contribution >= 4 is 23.2 Å². The van der Waals surface area contributed by atoms with E-state index in [0.717, 1.165) is 0 Å². The lowest BCUT2D eigenvalue weighted by Crippen LogP contribution is -2.49. The molecule has 17 heavy (non-hydrogen) atoms. The highest BCUT2D eigenvalue weighted by Crippen LogP contribution is 1.81. The third-order valence-electron chi connectivity index (χ3n) is 1.64. The summed E-state index contributed by atoms with van der Waals surface area (Å²) in [6, 6.07) is 0.0791. The molecule has 0 rings (SSSR count). The van der Waals surface area contributed by atoms with Crippen molar-refractivity contribution in [3.63, 3.8) is 0 Å². The molecule has 0 aromatic rings. The van der Waals surface area contributed by atoms with Gasteiger partial charge < -0.3 is 10.1 Å². The summed E-state index contributed by atoms with van der Waals surface area (Å²) in [6.07, 6.45) is 6.63. The first-order chi connectivity index (χ1) is 8.10. The van der Waals surface area contributed by atoms with Gasteiger partial charge in [0.15, 0.2) is 5.11 Å². The second-order valence-electron chi connectivity index (χ2n) is 3.33. The van der Waals surface area contributed by atoms with Crippen LogP contribution in [-0.2, 0) is 9.53 Å². The third-order valence-corrected chi connectivity index (χ3v) is 1.86. The van der Waals surface area contributed by atoms with Crippen LogP contribution in [-0.4, -0.2) is 30.8 Å². The largest absolute Gasteiger partial charge is 0.383 e. The molecule has 0 spiro atoms. The SMILES string of the molecule is C/C=C/C=C/C(=O)NNC(=S)N[C@H](C)COC. The molecular formula is C11H19N3O2S. The number of rotatable bonds is 5. The van der Waals surface area contributed by atoms with Crippen LogP contribution in [0.1, 0.15) is 13.8 Å². The Labute approximate surface area is 107 Å². The first-order valence-electron chi connectivity index (χ1n) is 5.25. The number of nitrogens with one attached hydrogen (secondary N) is 3. The van der Waals surface area contributed by atoms with Crippen LogP contribution >= 0.6 is 12.2 Å². The standard InChI is InChI=1S/C11H19N3O2S/c1-4-5-6-7-10(15)13-14-11(17)12-9(2)8-16-3/h4-7,9H,8H2,1-3H3,(H,13,15)(H2,12,14,17)/b5-4+,7-6+/t9-/m1/s1. The number of amides is 1. The molecule has 0 aromatic carbocycles. The van der Waals surface area contributed by atoms with Crippen LogP contribution in [0.25, 0.3) is 0 Å². The van der Waals surface area contributed by atoms with Crippen molar-refractivity contribution in [1.82, 2.24) is 16.2 Å². The summed E-state index contributed by atoms with van der Waals surface area (Å²) < 4.78 is 4.94. The zero-order chi connectivity index (χ0) is 13.1. The van der Waals surface area contributed by atoms with E-state index in [-0.39, 0.29) is 11.9 Å². The Morgan fingerprint density at radius 1 is 1.41 bits per heavy atom. The number of thiocarbonyl (C=S) groups is 1. The van der Waals surface area contributed by atoms with Gasteiger partial charge in [-0.05, 0) is 26.1 Å². The van der Waals surface area contributed by atoms with Gasteiger partial charge >= 0.3 is 0 Å². The minimum Gasteiger partial charge on any atom is -0.383 e. The van der Waals surface area contributed by atoms with Crippen LogP contribution < -0.4 is 16.2 Å². The van der Waals surface area contributed by atoms with Gasteiger partial charge in [-0.1, -0.05) is 18.2 Å². The van der Waals surface area contributed by atoms with Crippen LogP contribution in [0.3, 0.4) is 0 Å². The van der Waals surface area contributed by atoms with E-state index >= 15 is 0 Å². The van der Waals surface area contributed by atoms with Gasteiger partial charge in [0.1, 0.15) is 0 Å². The summed E-state index contributed by atoms with van der Waals surface area (Å²) in [5.41, 5.74) is 5.02. The van der Waals surface area contributed by atoms with Crippen LogP contribution in [0, 0.1) is 0 Å². The predicted molar refractivity (Wildman–Crippen MR) is 72.3 cm³/mol. The molecule has 0 saturated heterocycles. The molecule has 6 heteroatoms. The van der Waals surface area contributed by atoms with Crippen molar-refractivity contribution in [2.75, 3.05) is 13.7 Å². The second-order valence-corrected chi connectivity index (χ2v) is 3.74. The van der Waals surface area contributed by atoms with E-state index < -0.39 is 0 Å². The fraction of sp³-hybridized carbons (Fsp3) is 0.455. The van der Waals surface area contributed by atoms with E-state index in [9.17, 15) is 4.79 Å².